The van der Waals surface area contributed by atoms with E-state index >= 15 is 0 Å². The molecule has 2 aromatic rings. The van der Waals surface area contributed by atoms with E-state index in [-0.39, 0.29) is 17.1 Å². The van der Waals surface area contributed by atoms with Gasteiger partial charge in [0.15, 0.2) is 23.0 Å². The summed E-state index contributed by atoms with van der Waals surface area (Å²) in [6, 6.07) is 10.4. The first-order valence-electron chi connectivity index (χ1n) is 10.6. The fourth-order valence-electron chi connectivity index (χ4n) is 3.67. The van der Waals surface area contributed by atoms with Gasteiger partial charge >= 0.3 is 0 Å². The Hall–Kier alpha value is -3.48. The molecule has 1 amide bonds. The molecule has 1 aliphatic heterocycles. The molecule has 0 aliphatic carbocycles. The van der Waals surface area contributed by atoms with Crippen molar-refractivity contribution in [3.05, 3.63) is 59.4 Å². The molecule has 1 unspecified atom stereocenters. The Labute approximate surface area is 187 Å². The molecule has 7 nitrogen and oxygen atoms in total. The van der Waals surface area contributed by atoms with Gasteiger partial charge in [0, 0.05) is 17.2 Å². The highest BCUT2D eigenvalue weighted by Crippen LogP contribution is 2.45. The molecule has 2 aromatic carbocycles. The quantitative estimate of drug-likeness (QED) is 0.649. The first-order chi connectivity index (χ1) is 15.1. The molecule has 3 rings (SSSR count). The normalized spacial score (nSPS) is 16.5. The summed E-state index contributed by atoms with van der Waals surface area (Å²) in [6.07, 6.45) is 0. The van der Waals surface area contributed by atoms with Crippen molar-refractivity contribution < 1.29 is 29.3 Å². The number of aliphatic hydroxyl groups excluding tert-OH is 1. The van der Waals surface area contributed by atoms with E-state index in [1.165, 1.54) is 17.0 Å². The third-order valence-corrected chi connectivity index (χ3v) is 5.15. The smallest absolute Gasteiger partial charge is 0.294 e. The Morgan fingerprint density at radius 3 is 2.12 bits per heavy atom. The summed E-state index contributed by atoms with van der Waals surface area (Å²) in [4.78, 5) is 27.9. The number of phenolic OH excluding ortho intramolecular Hbond substituents is 1. The molecular weight excluding hydrogens is 410 g/mol. The molecule has 0 aromatic heterocycles. The predicted molar refractivity (Wildman–Crippen MR) is 121 cm³/mol. The van der Waals surface area contributed by atoms with Crippen LogP contribution in [0.5, 0.6) is 17.2 Å². The summed E-state index contributed by atoms with van der Waals surface area (Å²) >= 11 is 0. The van der Waals surface area contributed by atoms with Crippen LogP contribution >= 0.6 is 0 Å². The van der Waals surface area contributed by atoms with Crippen LogP contribution in [0.25, 0.3) is 0 Å². The molecule has 0 radical (unpaired) electrons. The highest BCUT2D eigenvalue weighted by Gasteiger charge is 2.46. The number of rotatable bonds is 7. The second-order valence-corrected chi connectivity index (χ2v) is 8.51. The highest BCUT2D eigenvalue weighted by atomic mass is 16.5. The average Bonchev–Trinajstić information content (AvgIpc) is 3.00. The van der Waals surface area contributed by atoms with E-state index < -0.39 is 23.1 Å². The number of Topliss-reactive ketones (excluding diaryl/α,β-unsaturated/α-hetero) is 1. The molecule has 0 bridgehead atoms. The highest BCUT2D eigenvalue weighted by molar-refractivity contribution is 6.17. The standard InChI is InChI=1S/C25H29NO6/c1-6-31-18-13-10-16(14-19(18)32-7-2)26-21(15-8-11-17(27)12-9-15)20(22(28)24(26)30)23(29)25(3,4)5/h8-14,21,27-28H,6-7H2,1-5H3. The van der Waals surface area contributed by atoms with E-state index in [4.69, 9.17) is 9.47 Å². The van der Waals surface area contributed by atoms with Gasteiger partial charge in [-0.05, 0) is 43.7 Å². The zero-order valence-corrected chi connectivity index (χ0v) is 19.0. The van der Waals surface area contributed by atoms with Crippen LogP contribution in [0.3, 0.4) is 0 Å². The number of carbonyl (C=O) groups is 2. The van der Waals surface area contributed by atoms with Gasteiger partial charge in [-0.3, -0.25) is 14.5 Å². The molecule has 0 saturated carbocycles. The Kier molecular flexibility index (Phi) is 6.48. The number of carbonyl (C=O) groups excluding carboxylic acids is 2. The Bertz CT molecular complexity index is 1050. The van der Waals surface area contributed by atoms with Gasteiger partial charge in [-0.15, -0.1) is 0 Å². The Balaban J connectivity index is 2.18. The van der Waals surface area contributed by atoms with Gasteiger partial charge in [-0.1, -0.05) is 32.9 Å². The monoisotopic (exact) mass is 439 g/mol. The number of nitrogens with zero attached hydrogens (tertiary/aromatic N) is 1. The average molecular weight is 440 g/mol. The third kappa shape index (κ3) is 4.28. The number of anilines is 1. The Morgan fingerprint density at radius 1 is 0.969 bits per heavy atom. The summed E-state index contributed by atoms with van der Waals surface area (Å²) in [5.74, 6) is -0.536. The van der Waals surface area contributed by atoms with Gasteiger partial charge in [0.05, 0.1) is 24.8 Å². The number of amides is 1. The van der Waals surface area contributed by atoms with Crippen LogP contribution < -0.4 is 14.4 Å². The number of ketones is 1. The van der Waals surface area contributed by atoms with E-state index in [1.54, 1.807) is 51.1 Å². The molecule has 1 atom stereocenters. The summed E-state index contributed by atoms with van der Waals surface area (Å²) in [5.41, 5.74) is 0.243. The number of aromatic hydroxyl groups is 1. The summed E-state index contributed by atoms with van der Waals surface area (Å²) in [7, 11) is 0. The molecule has 2 N–H and O–H groups in total. The lowest BCUT2D eigenvalue weighted by Crippen LogP contribution is -2.32. The maximum absolute atomic E-state index is 13.3. The second-order valence-electron chi connectivity index (χ2n) is 8.51. The van der Waals surface area contributed by atoms with Crippen LogP contribution in [-0.4, -0.2) is 35.1 Å². The van der Waals surface area contributed by atoms with Gasteiger partial charge < -0.3 is 19.7 Å². The maximum Gasteiger partial charge on any atom is 0.294 e. The minimum Gasteiger partial charge on any atom is -0.508 e. The van der Waals surface area contributed by atoms with Crippen molar-refractivity contribution in [3.63, 3.8) is 0 Å². The van der Waals surface area contributed by atoms with Crippen molar-refractivity contribution in [2.75, 3.05) is 18.1 Å². The van der Waals surface area contributed by atoms with E-state index in [2.05, 4.69) is 0 Å². The number of benzene rings is 2. The van der Waals surface area contributed by atoms with E-state index in [9.17, 15) is 19.8 Å². The predicted octanol–water partition coefficient (Wildman–Crippen LogP) is 4.70. The lowest BCUT2D eigenvalue weighted by atomic mass is 9.82. The van der Waals surface area contributed by atoms with Gasteiger partial charge in [-0.2, -0.15) is 0 Å². The van der Waals surface area contributed by atoms with E-state index in [0.29, 0.717) is 36.0 Å². The molecule has 1 heterocycles. The van der Waals surface area contributed by atoms with E-state index in [0.717, 1.165) is 0 Å². The zero-order valence-electron chi connectivity index (χ0n) is 19.0. The lowest BCUT2D eigenvalue weighted by Gasteiger charge is -2.29. The topological polar surface area (TPSA) is 96.3 Å². The fraction of sp³-hybridized carbons (Fsp3) is 0.360. The minimum absolute atomic E-state index is 0.0278. The number of phenols is 1. The largest absolute Gasteiger partial charge is 0.508 e. The molecule has 1 aliphatic rings. The summed E-state index contributed by atoms with van der Waals surface area (Å²) < 4.78 is 11.3. The summed E-state index contributed by atoms with van der Waals surface area (Å²) in [6.45, 7) is 9.76. The molecule has 0 saturated heterocycles. The van der Waals surface area contributed by atoms with Crippen molar-refractivity contribution in [2.24, 2.45) is 5.41 Å². The van der Waals surface area contributed by atoms with Crippen molar-refractivity contribution >= 4 is 17.4 Å². The minimum atomic E-state index is -0.859. The molecular formula is C25H29NO6. The van der Waals surface area contributed by atoms with Crippen LogP contribution in [-0.2, 0) is 9.59 Å². The van der Waals surface area contributed by atoms with Crippen molar-refractivity contribution in [1.29, 1.82) is 0 Å². The van der Waals surface area contributed by atoms with Gasteiger partial charge in [0.1, 0.15) is 5.75 Å². The van der Waals surface area contributed by atoms with Crippen LogP contribution in [0.1, 0.15) is 46.2 Å². The third-order valence-electron chi connectivity index (χ3n) is 5.15. The van der Waals surface area contributed by atoms with Crippen molar-refractivity contribution in [1.82, 2.24) is 0 Å². The fourth-order valence-corrected chi connectivity index (χ4v) is 3.67. The number of aliphatic hydroxyl groups is 1. The van der Waals surface area contributed by atoms with Crippen molar-refractivity contribution in [3.8, 4) is 17.2 Å². The zero-order chi connectivity index (χ0) is 23.6. The molecule has 0 spiro atoms. The van der Waals surface area contributed by atoms with Crippen molar-refractivity contribution in [2.45, 2.75) is 40.7 Å². The van der Waals surface area contributed by atoms with Crippen LogP contribution in [0.2, 0.25) is 0 Å². The van der Waals surface area contributed by atoms with Gasteiger partial charge in [0.25, 0.3) is 5.91 Å². The summed E-state index contributed by atoms with van der Waals surface area (Å²) in [5, 5.41) is 20.5. The SMILES string of the molecule is CCOc1ccc(N2C(=O)C(O)=C(C(=O)C(C)(C)C)C2c2ccc(O)cc2)cc1OCC. The van der Waals surface area contributed by atoms with Crippen LogP contribution in [0, 0.1) is 5.41 Å². The second kappa shape index (κ2) is 8.94. The molecule has 170 valence electrons. The Morgan fingerprint density at radius 2 is 1.56 bits per heavy atom. The van der Waals surface area contributed by atoms with Crippen LogP contribution in [0.4, 0.5) is 5.69 Å². The molecule has 7 heteroatoms. The van der Waals surface area contributed by atoms with Gasteiger partial charge in [-0.25, -0.2) is 0 Å². The lowest BCUT2D eigenvalue weighted by molar-refractivity contribution is -0.123. The van der Waals surface area contributed by atoms with Crippen LogP contribution in [0.15, 0.2) is 53.8 Å². The molecule has 0 fully saturated rings. The number of hydrogen-bond donors (Lipinski definition) is 2. The number of ether oxygens (including phenoxy) is 2. The molecule has 32 heavy (non-hydrogen) atoms. The number of hydrogen-bond acceptors (Lipinski definition) is 6. The first kappa shape index (κ1) is 23.2. The maximum atomic E-state index is 13.3. The first-order valence-corrected chi connectivity index (χ1v) is 10.6. The van der Waals surface area contributed by atoms with Gasteiger partial charge in [0.2, 0.25) is 0 Å². The van der Waals surface area contributed by atoms with E-state index in [1.807, 2.05) is 13.8 Å².